The molecule has 0 saturated carbocycles. The second kappa shape index (κ2) is 11.3. The minimum absolute atomic E-state index is 0.194. The van der Waals surface area contributed by atoms with Crippen LogP contribution < -0.4 is 19.8 Å². The molecule has 0 spiro atoms. The minimum Gasteiger partial charge on any atom is -0.496 e. The van der Waals surface area contributed by atoms with Gasteiger partial charge in [-0.05, 0) is 65.8 Å². The first-order valence-corrected chi connectivity index (χ1v) is 12.9. The second-order valence-corrected chi connectivity index (χ2v) is 9.67. The summed E-state index contributed by atoms with van der Waals surface area (Å²) in [6.45, 7) is 8.21. The van der Waals surface area contributed by atoms with E-state index < -0.39 is 0 Å². The van der Waals surface area contributed by atoms with Gasteiger partial charge in [-0.3, -0.25) is 9.69 Å². The molecule has 7 heteroatoms. The van der Waals surface area contributed by atoms with Gasteiger partial charge in [-0.2, -0.15) is 0 Å². The molecule has 0 amide bonds. The molecule has 4 aromatic rings. The number of morpholine rings is 1. The van der Waals surface area contributed by atoms with Crippen molar-refractivity contribution in [2.45, 2.75) is 27.0 Å². The molecular formula is C31H34N2O5. The number of aromatic nitrogens is 1. The summed E-state index contributed by atoms with van der Waals surface area (Å²) in [5, 5.41) is 1.29. The molecule has 3 aromatic carbocycles. The zero-order valence-corrected chi connectivity index (χ0v) is 22.4. The summed E-state index contributed by atoms with van der Waals surface area (Å²) in [4.78, 5) is 18.8. The number of H-pyrrole nitrogens is 1. The molecule has 1 aromatic heterocycles. The molecule has 0 aliphatic carbocycles. The van der Waals surface area contributed by atoms with E-state index in [-0.39, 0.29) is 5.56 Å². The third kappa shape index (κ3) is 5.26. The van der Waals surface area contributed by atoms with Crippen LogP contribution in [-0.4, -0.2) is 50.4 Å². The third-order valence-electron chi connectivity index (χ3n) is 7.06. The Hall–Kier alpha value is -3.81. The molecule has 0 unspecified atom stereocenters. The Morgan fingerprint density at radius 1 is 0.921 bits per heavy atom. The van der Waals surface area contributed by atoms with Crippen molar-refractivity contribution in [2.75, 3.05) is 40.5 Å². The van der Waals surface area contributed by atoms with Crippen LogP contribution in [0.1, 0.15) is 22.3 Å². The highest BCUT2D eigenvalue weighted by atomic mass is 16.5. The van der Waals surface area contributed by atoms with Gasteiger partial charge in [-0.15, -0.1) is 0 Å². The van der Waals surface area contributed by atoms with Gasteiger partial charge in [0.1, 0.15) is 23.9 Å². The van der Waals surface area contributed by atoms with Crippen LogP contribution in [0.2, 0.25) is 0 Å². The lowest BCUT2D eigenvalue weighted by Gasteiger charge is -2.28. The lowest BCUT2D eigenvalue weighted by atomic mass is 9.99. The molecule has 1 aliphatic rings. The van der Waals surface area contributed by atoms with Gasteiger partial charge in [-0.1, -0.05) is 30.3 Å². The molecule has 1 saturated heterocycles. The number of aromatic amines is 1. The van der Waals surface area contributed by atoms with E-state index >= 15 is 0 Å². The SMILES string of the molecule is COc1cc2cc(-c3cc(C)c(OCc4ccccc4)c(C)c3)[nH]c(=O)c2c(OC)c1CN1CCOCC1. The second-order valence-electron chi connectivity index (χ2n) is 9.67. The number of nitrogens with one attached hydrogen (secondary N) is 1. The molecule has 2 heterocycles. The van der Waals surface area contributed by atoms with Crippen LogP contribution in [0.25, 0.3) is 22.0 Å². The van der Waals surface area contributed by atoms with Crippen molar-refractivity contribution >= 4 is 10.8 Å². The van der Waals surface area contributed by atoms with Gasteiger partial charge in [0, 0.05) is 25.3 Å². The number of hydrogen-bond donors (Lipinski definition) is 1. The maximum Gasteiger partial charge on any atom is 0.260 e. The van der Waals surface area contributed by atoms with Crippen molar-refractivity contribution < 1.29 is 18.9 Å². The topological polar surface area (TPSA) is 73.0 Å². The van der Waals surface area contributed by atoms with Gasteiger partial charge in [0.25, 0.3) is 5.56 Å². The number of hydrogen-bond acceptors (Lipinski definition) is 6. The molecular weight excluding hydrogens is 480 g/mol. The molecule has 7 nitrogen and oxygen atoms in total. The van der Waals surface area contributed by atoms with Gasteiger partial charge in [0.15, 0.2) is 0 Å². The zero-order chi connectivity index (χ0) is 26.6. The Labute approximate surface area is 222 Å². The van der Waals surface area contributed by atoms with Crippen LogP contribution in [0.4, 0.5) is 0 Å². The van der Waals surface area contributed by atoms with Gasteiger partial charge in [0.2, 0.25) is 0 Å². The number of pyridine rings is 1. The number of fused-ring (bicyclic) bond motifs is 1. The molecule has 1 aliphatic heterocycles. The van der Waals surface area contributed by atoms with E-state index in [1.54, 1.807) is 14.2 Å². The summed E-state index contributed by atoms with van der Waals surface area (Å²) < 4.78 is 23.2. The molecule has 0 bridgehead atoms. The molecule has 0 radical (unpaired) electrons. The van der Waals surface area contributed by atoms with Crippen molar-refractivity contribution in [1.82, 2.24) is 9.88 Å². The van der Waals surface area contributed by atoms with Gasteiger partial charge < -0.3 is 23.9 Å². The quantitative estimate of drug-likeness (QED) is 0.347. The Morgan fingerprint density at radius 3 is 2.29 bits per heavy atom. The predicted octanol–water partition coefficient (Wildman–Crippen LogP) is 5.24. The summed E-state index contributed by atoms with van der Waals surface area (Å²) in [5.41, 5.74) is 5.45. The number of nitrogens with zero attached hydrogens (tertiary/aromatic N) is 1. The van der Waals surface area contributed by atoms with Crippen LogP contribution >= 0.6 is 0 Å². The lowest BCUT2D eigenvalue weighted by molar-refractivity contribution is 0.0336. The van der Waals surface area contributed by atoms with E-state index in [0.29, 0.717) is 43.3 Å². The van der Waals surface area contributed by atoms with E-state index in [0.717, 1.165) is 57.7 Å². The molecule has 0 atom stereocenters. The normalized spacial score (nSPS) is 14.0. The first kappa shape index (κ1) is 25.8. The summed E-state index contributed by atoms with van der Waals surface area (Å²) >= 11 is 0. The van der Waals surface area contributed by atoms with Crippen LogP contribution in [0.15, 0.2) is 59.4 Å². The molecule has 5 rings (SSSR count). The largest absolute Gasteiger partial charge is 0.496 e. The Balaban J connectivity index is 1.51. The van der Waals surface area contributed by atoms with E-state index in [2.05, 4.69) is 9.88 Å². The highest BCUT2D eigenvalue weighted by Gasteiger charge is 2.22. The average molecular weight is 515 g/mol. The fraction of sp³-hybridized carbons (Fsp3) is 0.323. The van der Waals surface area contributed by atoms with E-state index in [1.165, 1.54) is 0 Å². The van der Waals surface area contributed by atoms with E-state index in [9.17, 15) is 4.79 Å². The summed E-state index contributed by atoms with van der Waals surface area (Å²) in [5.74, 6) is 2.11. The minimum atomic E-state index is -0.194. The predicted molar refractivity (Wildman–Crippen MR) is 149 cm³/mol. The average Bonchev–Trinajstić information content (AvgIpc) is 2.93. The van der Waals surface area contributed by atoms with Crippen molar-refractivity contribution in [1.29, 1.82) is 0 Å². The van der Waals surface area contributed by atoms with Crippen molar-refractivity contribution in [3.63, 3.8) is 0 Å². The number of ether oxygens (including phenoxy) is 4. The fourth-order valence-corrected chi connectivity index (χ4v) is 5.18. The fourth-order valence-electron chi connectivity index (χ4n) is 5.18. The lowest BCUT2D eigenvalue weighted by Crippen LogP contribution is -2.35. The van der Waals surface area contributed by atoms with Crippen LogP contribution in [0.5, 0.6) is 17.2 Å². The molecule has 1 fully saturated rings. The maximum absolute atomic E-state index is 13.5. The summed E-state index contributed by atoms with van der Waals surface area (Å²) in [7, 11) is 3.25. The first-order chi connectivity index (χ1) is 18.5. The highest BCUT2D eigenvalue weighted by molar-refractivity contribution is 5.93. The molecule has 1 N–H and O–H groups in total. The number of aryl methyl sites for hydroxylation is 2. The number of benzene rings is 3. The Kier molecular flexibility index (Phi) is 7.67. The summed E-state index contributed by atoms with van der Waals surface area (Å²) in [6.07, 6.45) is 0. The standard InChI is InChI=1S/C31H34N2O5/c1-20-14-23(15-21(2)29(20)38-19-22-8-6-5-7-9-22)26-16-24-17-27(35-3)25(18-33-10-12-37-13-11-33)30(36-4)28(24)31(34)32-26/h5-9,14-17H,10-13,18-19H2,1-4H3,(H,32,34). The first-order valence-electron chi connectivity index (χ1n) is 12.9. The van der Waals surface area contributed by atoms with Crippen LogP contribution in [-0.2, 0) is 17.9 Å². The van der Waals surface area contributed by atoms with Gasteiger partial charge >= 0.3 is 0 Å². The van der Waals surface area contributed by atoms with Crippen LogP contribution in [0.3, 0.4) is 0 Å². The Morgan fingerprint density at radius 2 is 1.63 bits per heavy atom. The van der Waals surface area contributed by atoms with Crippen LogP contribution in [0, 0.1) is 13.8 Å². The smallest absolute Gasteiger partial charge is 0.260 e. The van der Waals surface area contributed by atoms with Crippen molar-refractivity contribution in [2.24, 2.45) is 0 Å². The third-order valence-corrected chi connectivity index (χ3v) is 7.06. The maximum atomic E-state index is 13.5. The van der Waals surface area contributed by atoms with Crippen molar-refractivity contribution in [3.8, 4) is 28.5 Å². The molecule has 198 valence electrons. The van der Waals surface area contributed by atoms with Crippen molar-refractivity contribution in [3.05, 3.63) is 87.2 Å². The monoisotopic (exact) mass is 514 g/mol. The van der Waals surface area contributed by atoms with E-state index in [1.807, 2.05) is 68.4 Å². The Bertz CT molecular complexity index is 1470. The molecule has 38 heavy (non-hydrogen) atoms. The summed E-state index contributed by atoms with van der Waals surface area (Å²) in [6, 6.07) is 18.1. The van der Waals surface area contributed by atoms with Gasteiger partial charge in [-0.25, -0.2) is 0 Å². The number of rotatable bonds is 8. The zero-order valence-electron chi connectivity index (χ0n) is 22.4. The van der Waals surface area contributed by atoms with E-state index in [4.69, 9.17) is 18.9 Å². The number of methoxy groups -OCH3 is 2. The highest BCUT2D eigenvalue weighted by Crippen LogP contribution is 2.38. The van der Waals surface area contributed by atoms with Gasteiger partial charge in [0.05, 0.1) is 38.4 Å².